The van der Waals surface area contributed by atoms with Crippen molar-refractivity contribution >= 4 is 21.9 Å². The maximum absolute atomic E-state index is 2.54. The van der Waals surface area contributed by atoms with Gasteiger partial charge < -0.3 is 0 Å². The van der Waals surface area contributed by atoms with Crippen molar-refractivity contribution in [1.29, 1.82) is 0 Å². The first-order valence-electron chi connectivity index (χ1n) is 18.0. The highest BCUT2D eigenvalue weighted by atomic mass is 14.8. The lowest BCUT2D eigenvalue weighted by molar-refractivity contribution is 0.564. The van der Waals surface area contributed by atoms with Gasteiger partial charge >= 0.3 is 0 Å². The lowest BCUT2D eigenvalue weighted by Crippen LogP contribution is -2.20. The Hall–Kier alpha value is -5.46. The second kappa shape index (κ2) is 8.57. The van der Waals surface area contributed by atoms with E-state index in [-0.39, 0.29) is 16.2 Å². The summed E-state index contributed by atoms with van der Waals surface area (Å²) in [4.78, 5) is 0. The molecule has 3 unspecified atom stereocenters. The monoisotopic (exact) mass is 622 g/mol. The standard InChI is InChI=1S/C49H34/c1-3-47(2)44-26-29(31-21-22-39-34-11-5-4-10-33(34)38-14-8-13-37(31)46(38)39)17-19-35(44)36-20-18-30(27-45(36)47)32-23-24-43-40-12-6-7-15-41(40)48-25-9-16-42(32)49(43,48)28-48/h4-27H,3,28H2,1-2H3. The van der Waals surface area contributed by atoms with Crippen LogP contribution in [0.2, 0.25) is 0 Å². The van der Waals surface area contributed by atoms with E-state index in [1.165, 1.54) is 106 Å². The van der Waals surface area contributed by atoms with Crippen LogP contribution in [-0.2, 0) is 10.8 Å². The Bertz CT molecular complexity index is 2660. The van der Waals surface area contributed by atoms with Crippen molar-refractivity contribution in [1.82, 2.24) is 0 Å². The molecule has 49 heavy (non-hydrogen) atoms. The lowest BCUT2D eigenvalue weighted by atomic mass is 9.72. The molecule has 230 valence electrons. The Morgan fingerprint density at radius 2 is 1.18 bits per heavy atom. The predicted octanol–water partition coefficient (Wildman–Crippen LogP) is 12.5. The van der Waals surface area contributed by atoms with Gasteiger partial charge in [0.2, 0.25) is 0 Å². The Kier molecular flexibility index (Phi) is 4.63. The van der Waals surface area contributed by atoms with Crippen LogP contribution in [0.5, 0.6) is 0 Å². The van der Waals surface area contributed by atoms with E-state index >= 15 is 0 Å². The molecule has 0 bridgehead atoms. The number of benzene rings is 6. The summed E-state index contributed by atoms with van der Waals surface area (Å²) >= 11 is 0. The van der Waals surface area contributed by atoms with E-state index in [4.69, 9.17) is 0 Å². The molecule has 0 aromatic heterocycles. The minimum Gasteiger partial charge on any atom is -0.0726 e. The van der Waals surface area contributed by atoms with Gasteiger partial charge in [-0.05, 0) is 125 Å². The van der Waals surface area contributed by atoms with Crippen molar-refractivity contribution in [2.45, 2.75) is 37.5 Å². The van der Waals surface area contributed by atoms with E-state index in [1.54, 1.807) is 0 Å². The van der Waals surface area contributed by atoms with Crippen LogP contribution in [0, 0.1) is 5.41 Å². The van der Waals surface area contributed by atoms with Crippen LogP contribution in [0.25, 0.3) is 66.4 Å². The summed E-state index contributed by atoms with van der Waals surface area (Å²) in [7, 11) is 0. The third-order valence-corrected chi connectivity index (χ3v) is 13.5. The van der Waals surface area contributed by atoms with Crippen LogP contribution >= 0.6 is 0 Å². The molecule has 0 nitrogen and oxygen atoms in total. The maximum atomic E-state index is 2.54. The summed E-state index contributed by atoms with van der Waals surface area (Å²) < 4.78 is 0. The van der Waals surface area contributed by atoms with Gasteiger partial charge in [-0.3, -0.25) is 0 Å². The highest BCUT2D eigenvalue weighted by Gasteiger charge is 2.75. The Balaban J connectivity index is 0.984. The van der Waals surface area contributed by atoms with Crippen LogP contribution in [0.1, 0.15) is 54.5 Å². The zero-order valence-corrected chi connectivity index (χ0v) is 27.8. The van der Waals surface area contributed by atoms with E-state index in [9.17, 15) is 0 Å². The molecule has 6 aromatic rings. The highest BCUT2D eigenvalue weighted by Crippen LogP contribution is 2.82. The third kappa shape index (κ3) is 2.89. The minimum atomic E-state index is -0.0654. The molecule has 0 heterocycles. The molecular weight excluding hydrogens is 589 g/mol. The molecule has 0 saturated heterocycles. The van der Waals surface area contributed by atoms with Crippen LogP contribution in [0.15, 0.2) is 151 Å². The molecule has 1 spiro atoms. The number of hydrogen-bond donors (Lipinski definition) is 0. The molecule has 0 radical (unpaired) electrons. The largest absolute Gasteiger partial charge is 0.0726 e. The molecular formula is C49H34. The first-order valence-corrected chi connectivity index (χ1v) is 18.0. The van der Waals surface area contributed by atoms with Crippen LogP contribution in [0.4, 0.5) is 0 Å². The van der Waals surface area contributed by atoms with E-state index in [2.05, 4.69) is 159 Å². The van der Waals surface area contributed by atoms with Gasteiger partial charge in [0.25, 0.3) is 0 Å². The number of fused-ring (bicyclic) bond motifs is 8. The Morgan fingerprint density at radius 1 is 0.531 bits per heavy atom. The molecule has 1 saturated carbocycles. The van der Waals surface area contributed by atoms with Crippen molar-refractivity contribution < 1.29 is 0 Å². The first kappa shape index (κ1) is 26.5. The summed E-state index contributed by atoms with van der Waals surface area (Å²) in [5.74, 6) is 0. The van der Waals surface area contributed by atoms with Gasteiger partial charge in [0.1, 0.15) is 0 Å². The summed E-state index contributed by atoms with van der Waals surface area (Å²) in [6, 6.07) is 44.2. The minimum absolute atomic E-state index is 0.0654. The molecule has 6 aliphatic carbocycles. The summed E-state index contributed by atoms with van der Waals surface area (Å²) in [5, 5.41) is 2.74. The second-order valence-electron chi connectivity index (χ2n) is 15.3. The average molecular weight is 623 g/mol. The van der Waals surface area contributed by atoms with Crippen molar-refractivity contribution in [3.05, 3.63) is 179 Å². The number of hydrogen-bond acceptors (Lipinski definition) is 0. The Morgan fingerprint density at radius 3 is 1.98 bits per heavy atom. The first-order chi connectivity index (χ1) is 24.1. The zero-order chi connectivity index (χ0) is 32.3. The van der Waals surface area contributed by atoms with Gasteiger partial charge in [-0.2, -0.15) is 0 Å². The summed E-state index contributed by atoms with van der Waals surface area (Å²) in [6.45, 7) is 4.84. The van der Waals surface area contributed by atoms with E-state index in [0.29, 0.717) is 0 Å². The zero-order valence-electron chi connectivity index (χ0n) is 27.8. The highest BCUT2D eigenvalue weighted by molar-refractivity contribution is 6.18. The van der Waals surface area contributed by atoms with Gasteiger partial charge in [-0.25, -0.2) is 0 Å². The van der Waals surface area contributed by atoms with E-state index in [0.717, 1.165) is 6.42 Å². The number of rotatable bonds is 3. The van der Waals surface area contributed by atoms with Gasteiger partial charge in [0.15, 0.2) is 0 Å². The van der Waals surface area contributed by atoms with Gasteiger partial charge in [-0.15, -0.1) is 0 Å². The normalized spacial score (nSPS) is 25.1. The molecule has 6 aromatic carbocycles. The summed E-state index contributed by atoms with van der Waals surface area (Å²) in [6.07, 6.45) is 14.3. The quantitative estimate of drug-likeness (QED) is 0.184. The van der Waals surface area contributed by atoms with Gasteiger partial charge in [0.05, 0.1) is 0 Å². The fourth-order valence-corrected chi connectivity index (χ4v) is 11.0. The van der Waals surface area contributed by atoms with Crippen molar-refractivity contribution in [2.24, 2.45) is 5.41 Å². The van der Waals surface area contributed by atoms with Crippen molar-refractivity contribution in [3.8, 4) is 44.5 Å². The maximum Gasteiger partial charge on any atom is 0.0358 e. The van der Waals surface area contributed by atoms with E-state index < -0.39 is 0 Å². The molecule has 3 atom stereocenters. The number of allylic oxidation sites excluding steroid dienone is 8. The lowest BCUT2D eigenvalue weighted by Gasteiger charge is -2.31. The molecule has 0 heteroatoms. The second-order valence-corrected chi connectivity index (χ2v) is 15.3. The molecule has 0 N–H and O–H groups in total. The SMILES string of the molecule is CCC1(C)c2cc(C3=CC=C4c5ccccc5C56C=CC=C3C45C6)ccc2-c2ccc(-c3ccc4c5c(cccc35)-c3ccccc3-4)cc21. The van der Waals surface area contributed by atoms with Crippen LogP contribution < -0.4 is 0 Å². The fraction of sp³-hybridized carbons (Fsp3) is 0.143. The van der Waals surface area contributed by atoms with Gasteiger partial charge in [0, 0.05) is 16.2 Å². The van der Waals surface area contributed by atoms with Crippen LogP contribution in [0.3, 0.4) is 0 Å². The topological polar surface area (TPSA) is 0 Å². The molecule has 1 fully saturated rings. The Labute approximate surface area is 287 Å². The molecule has 0 amide bonds. The average Bonchev–Trinajstić information content (AvgIpc) is 3.55. The molecule has 0 aliphatic heterocycles. The van der Waals surface area contributed by atoms with Crippen molar-refractivity contribution in [3.63, 3.8) is 0 Å². The predicted molar refractivity (Wildman–Crippen MR) is 204 cm³/mol. The van der Waals surface area contributed by atoms with E-state index in [1.807, 2.05) is 0 Å². The van der Waals surface area contributed by atoms with Crippen molar-refractivity contribution in [2.75, 3.05) is 0 Å². The molecule has 12 rings (SSSR count). The molecule has 6 aliphatic rings. The van der Waals surface area contributed by atoms with Gasteiger partial charge in [-0.1, -0.05) is 147 Å². The fourth-order valence-electron chi connectivity index (χ4n) is 11.0. The van der Waals surface area contributed by atoms with Crippen LogP contribution in [-0.4, -0.2) is 0 Å². The smallest absolute Gasteiger partial charge is 0.0358 e. The third-order valence-electron chi connectivity index (χ3n) is 13.5. The summed E-state index contributed by atoms with van der Waals surface area (Å²) in [5.41, 5.74) is 22.7.